The number of rotatable bonds is 29. The van der Waals surface area contributed by atoms with E-state index >= 15 is 0 Å². The second-order valence-electron chi connectivity index (χ2n) is 13.2. The summed E-state index contributed by atoms with van der Waals surface area (Å²) in [6.07, 6.45) is 22.1. The first-order chi connectivity index (χ1) is 23.2. The summed E-state index contributed by atoms with van der Waals surface area (Å²) >= 11 is 0. The van der Waals surface area contributed by atoms with Crippen molar-refractivity contribution in [3.63, 3.8) is 0 Å². The summed E-state index contributed by atoms with van der Waals surface area (Å²) in [6, 6.07) is 0. The standard InChI is InChI=1S/C34H62N5O8P/c1-4-5-6-7-8-9-10-11-12-13-14-15-16-17-18-19-21-42-23-24-45-48(41,46-26-29-25-44-34(2,3)47-29)28-43-22-20-39-27-36-30-31(39)37-33(35)38-32(30)40/h27,29H,4-26,28H2,1-3H3,(H3,35,37,38,40). The van der Waals surface area contributed by atoms with Crippen molar-refractivity contribution in [2.45, 2.75) is 142 Å². The van der Waals surface area contributed by atoms with Gasteiger partial charge in [0, 0.05) is 13.2 Å². The molecule has 0 radical (unpaired) electrons. The lowest BCUT2D eigenvalue weighted by Crippen LogP contribution is -2.24. The molecule has 0 amide bonds. The Morgan fingerprint density at radius 1 is 0.896 bits per heavy atom. The molecule has 0 aliphatic carbocycles. The fraction of sp³-hybridized carbons (Fsp3) is 0.853. The lowest BCUT2D eigenvalue weighted by Gasteiger charge is -2.21. The summed E-state index contributed by atoms with van der Waals surface area (Å²) in [5.74, 6) is -0.720. The third-order valence-electron chi connectivity index (χ3n) is 8.40. The number of aromatic nitrogens is 4. The van der Waals surface area contributed by atoms with Crippen molar-refractivity contribution < 1.29 is 32.6 Å². The first-order valence-corrected chi connectivity index (χ1v) is 20.0. The van der Waals surface area contributed by atoms with Gasteiger partial charge in [0.25, 0.3) is 5.56 Å². The largest absolute Gasteiger partial charge is 0.379 e. The molecule has 0 bridgehead atoms. The second-order valence-corrected chi connectivity index (χ2v) is 15.2. The van der Waals surface area contributed by atoms with Crippen LogP contribution in [0, 0.1) is 0 Å². The van der Waals surface area contributed by atoms with Crippen LogP contribution in [0.3, 0.4) is 0 Å². The van der Waals surface area contributed by atoms with Crippen molar-refractivity contribution in [2.75, 3.05) is 51.7 Å². The number of unbranched alkanes of at least 4 members (excludes halogenated alkanes) is 15. The highest BCUT2D eigenvalue weighted by atomic mass is 31.2. The molecule has 48 heavy (non-hydrogen) atoms. The van der Waals surface area contributed by atoms with Crippen LogP contribution in [0.4, 0.5) is 5.95 Å². The minimum absolute atomic E-state index is 0.000195. The maximum absolute atomic E-state index is 13.6. The third-order valence-corrected chi connectivity index (χ3v) is 10.0. The Morgan fingerprint density at radius 2 is 1.52 bits per heavy atom. The van der Waals surface area contributed by atoms with Gasteiger partial charge in [-0.2, -0.15) is 4.98 Å². The molecule has 0 saturated carbocycles. The van der Waals surface area contributed by atoms with Crippen molar-refractivity contribution in [3.05, 3.63) is 16.7 Å². The Kier molecular flexibility index (Phi) is 19.3. The Balaban J connectivity index is 1.24. The summed E-state index contributed by atoms with van der Waals surface area (Å²) in [5, 5.41) is 0. The van der Waals surface area contributed by atoms with Gasteiger partial charge in [0.2, 0.25) is 5.95 Å². The number of nitrogens with zero attached hydrogens (tertiary/aromatic N) is 3. The monoisotopic (exact) mass is 699 g/mol. The topological polar surface area (TPSA) is 162 Å². The average Bonchev–Trinajstić information content (AvgIpc) is 3.63. The minimum atomic E-state index is -3.63. The number of nitrogen functional groups attached to an aromatic ring is 1. The highest BCUT2D eigenvalue weighted by Gasteiger charge is 2.35. The summed E-state index contributed by atoms with van der Waals surface area (Å²) < 4.78 is 49.5. The highest BCUT2D eigenvalue weighted by Crippen LogP contribution is 2.48. The number of imidazole rings is 1. The molecule has 1 saturated heterocycles. The zero-order chi connectivity index (χ0) is 34.5. The smallest absolute Gasteiger partial charge is 0.356 e. The zero-order valence-electron chi connectivity index (χ0n) is 29.8. The summed E-state index contributed by atoms with van der Waals surface area (Å²) in [6.45, 7) is 7.82. The van der Waals surface area contributed by atoms with Crippen LogP contribution >= 0.6 is 7.60 Å². The zero-order valence-corrected chi connectivity index (χ0v) is 30.7. The predicted molar refractivity (Wildman–Crippen MR) is 188 cm³/mol. The molecule has 3 rings (SSSR count). The number of nitrogens with two attached hydrogens (primary N) is 1. The molecule has 2 aromatic rings. The first kappa shape index (κ1) is 40.6. The van der Waals surface area contributed by atoms with E-state index in [-0.39, 0.29) is 43.7 Å². The molecular formula is C34H62N5O8P. The van der Waals surface area contributed by atoms with Crippen LogP contribution in [0.25, 0.3) is 11.2 Å². The maximum atomic E-state index is 13.6. The van der Waals surface area contributed by atoms with E-state index in [1.807, 2.05) is 13.8 Å². The van der Waals surface area contributed by atoms with Gasteiger partial charge in [-0.15, -0.1) is 0 Å². The Morgan fingerprint density at radius 3 is 2.12 bits per heavy atom. The van der Waals surface area contributed by atoms with Crippen LogP contribution in [0.1, 0.15) is 124 Å². The van der Waals surface area contributed by atoms with E-state index < -0.39 is 18.9 Å². The number of hydrogen-bond donors (Lipinski definition) is 2. The first-order valence-electron chi connectivity index (χ1n) is 18.3. The lowest BCUT2D eigenvalue weighted by molar-refractivity contribution is -0.141. The van der Waals surface area contributed by atoms with Gasteiger partial charge < -0.3 is 38.3 Å². The highest BCUT2D eigenvalue weighted by molar-refractivity contribution is 7.53. The van der Waals surface area contributed by atoms with Gasteiger partial charge in [0.05, 0.1) is 39.4 Å². The number of H-pyrrole nitrogens is 1. The number of fused-ring (bicyclic) bond motifs is 1. The third kappa shape index (κ3) is 16.2. The van der Waals surface area contributed by atoms with Crippen LogP contribution < -0.4 is 11.3 Å². The van der Waals surface area contributed by atoms with Gasteiger partial charge in [-0.1, -0.05) is 103 Å². The molecule has 1 fully saturated rings. The van der Waals surface area contributed by atoms with E-state index in [0.717, 1.165) is 12.8 Å². The second kappa shape index (κ2) is 22.8. The van der Waals surface area contributed by atoms with E-state index in [1.165, 1.54) is 96.2 Å². The van der Waals surface area contributed by atoms with Crippen molar-refractivity contribution in [1.82, 2.24) is 19.5 Å². The van der Waals surface area contributed by atoms with Gasteiger partial charge in [-0.3, -0.25) is 14.3 Å². The maximum Gasteiger partial charge on any atom is 0.356 e. The lowest BCUT2D eigenvalue weighted by atomic mass is 10.0. The predicted octanol–water partition coefficient (Wildman–Crippen LogP) is 7.33. The van der Waals surface area contributed by atoms with E-state index in [4.69, 9.17) is 33.7 Å². The van der Waals surface area contributed by atoms with Crippen molar-refractivity contribution in [2.24, 2.45) is 0 Å². The fourth-order valence-corrected chi connectivity index (χ4v) is 7.04. The molecule has 3 N–H and O–H groups in total. The number of anilines is 1. The minimum Gasteiger partial charge on any atom is -0.379 e. The molecule has 2 unspecified atom stereocenters. The van der Waals surface area contributed by atoms with Crippen LogP contribution in [0.2, 0.25) is 0 Å². The molecule has 1 aliphatic rings. The van der Waals surface area contributed by atoms with Gasteiger partial charge in [-0.05, 0) is 20.3 Å². The Bertz CT molecular complexity index is 1260. The van der Waals surface area contributed by atoms with Gasteiger partial charge >= 0.3 is 7.60 Å². The van der Waals surface area contributed by atoms with Gasteiger partial charge in [0.1, 0.15) is 12.5 Å². The molecule has 3 heterocycles. The summed E-state index contributed by atoms with van der Waals surface area (Å²) in [5.41, 5.74) is 5.79. The normalized spacial score (nSPS) is 17.4. The van der Waals surface area contributed by atoms with Crippen molar-refractivity contribution in [3.8, 4) is 0 Å². The molecule has 2 atom stereocenters. The number of nitrogens with one attached hydrogen (secondary N) is 1. The van der Waals surface area contributed by atoms with E-state index in [9.17, 15) is 9.36 Å². The molecule has 0 aromatic carbocycles. The molecule has 276 valence electrons. The van der Waals surface area contributed by atoms with Crippen LogP contribution in [0.15, 0.2) is 11.1 Å². The van der Waals surface area contributed by atoms with E-state index in [2.05, 4.69) is 21.9 Å². The number of hydrogen-bond acceptors (Lipinski definition) is 11. The van der Waals surface area contributed by atoms with Crippen LogP contribution in [0.5, 0.6) is 0 Å². The SMILES string of the molecule is CCCCCCCCCCCCCCCCCCOCCOP(=O)(COCCn1cnc2c(=O)[nH]c(N)nc21)OCC1COC(C)(C)O1. The van der Waals surface area contributed by atoms with Crippen molar-refractivity contribution in [1.29, 1.82) is 0 Å². The quantitative estimate of drug-likeness (QED) is 0.0646. The summed E-state index contributed by atoms with van der Waals surface area (Å²) in [7, 11) is -3.63. The molecule has 13 nitrogen and oxygen atoms in total. The number of ether oxygens (including phenoxy) is 4. The summed E-state index contributed by atoms with van der Waals surface area (Å²) in [4.78, 5) is 22.7. The molecule has 14 heteroatoms. The van der Waals surface area contributed by atoms with Crippen molar-refractivity contribution >= 4 is 24.7 Å². The molecule has 0 spiro atoms. The van der Waals surface area contributed by atoms with Crippen LogP contribution in [-0.4, -0.2) is 77.4 Å². The Hall–Kier alpha value is -1.86. The number of aromatic amines is 1. The van der Waals surface area contributed by atoms with Gasteiger partial charge in [-0.25, -0.2) is 4.98 Å². The van der Waals surface area contributed by atoms with E-state index in [1.54, 1.807) is 4.57 Å². The van der Waals surface area contributed by atoms with Crippen LogP contribution in [-0.2, 0) is 39.1 Å². The molecular weight excluding hydrogens is 637 g/mol. The Labute approximate surface area is 286 Å². The van der Waals surface area contributed by atoms with Gasteiger partial charge in [0.15, 0.2) is 17.0 Å². The molecule has 1 aliphatic heterocycles. The fourth-order valence-electron chi connectivity index (χ4n) is 5.72. The van der Waals surface area contributed by atoms with E-state index in [0.29, 0.717) is 32.0 Å². The average molecular weight is 700 g/mol. The molecule has 2 aromatic heterocycles.